The van der Waals surface area contributed by atoms with Crippen LogP contribution in [0.5, 0.6) is 0 Å². The van der Waals surface area contributed by atoms with E-state index >= 15 is 0 Å². The minimum absolute atomic E-state index is 0.372. The zero-order valence-electron chi connectivity index (χ0n) is 11.2. The molecule has 3 atom stereocenters. The molecular weight excluding hydrogens is 242 g/mol. The SMILES string of the molecule is CCCC1CCC(N)C(Cc2cccc(Cl)c2)C1. The topological polar surface area (TPSA) is 26.0 Å². The van der Waals surface area contributed by atoms with Crippen LogP contribution in [0.4, 0.5) is 0 Å². The molecule has 1 fully saturated rings. The number of benzene rings is 1. The van der Waals surface area contributed by atoms with Gasteiger partial charge in [-0.1, -0.05) is 43.5 Å². The first-order chi connectivity index (χ1) is 8.69. The van der Waals surface area contributed by atoms with E-state index in [-0.39, 0.29) is 0 Å². The standard InChI is InChI=1S/C16H24ClN/c1-2-4-12-7-8-16(18)14(9-12)10-13-5-3-6-15(17)11-13/h3,5-6,11-12,14,16H,2,4,7-10,18H2,1H3. The first-order valence-corrected chi connectivity index (χ1v) is 7.57. The van der Waals surface area contributed by atoms with Crippen molar-refractivity contribution in [3.63, 3.8) is 0 Å². The van der Waals surface area contributed by atoms with Crippen LogP contribution in [0.25, 0.3) is 0 Å². The zero-order valence-corrected chi connectivity index (χ0v) is 12.0. The fraction of sp³-hybridized carbons (Fsp3) is 0.625. The van der Waals surface area contributed by atoms with Crippen molar-refractivity contribution in [2.45, 2.75) is 51.5 Å². The minimum atomic E-state index is 0.372. The maximum atomic E-state index is 6.29. The maximum Gasteiger partial charge on any atom is 0.0408 e. The highest BCUT2D eigenvalue weighted by Crippen LogP contribution is 2.33. The van der Waals surface area contributed by atoms with Gasteiger partial charge in [0, 0.05) is 11.1 Å². The molecule has 0 radical (unpaired) electrons. The van der Waals surface area contributed by atoms with Crippen molar-refractivity contribution < 1.29 is 0 Å². The fourth-order valence-electron chi connectivity index (χ4n) is 3.26. The lowest BCUT2D eigenvalue weighted by molar-refractivity contribution is 0.221. The van der Waals surface area contributed by atoms with Crippen molar-refractivity contribution in [3.8, 4) is 0 Å². The van der Waals surface area contributed by atoms with Crippen molar-refractivity contribution in [2.24, 2.45) is 17.6 Å². The molecule has 0 amide bonds. The third-order valence-electron chi connectivity index (χ3n) is 4.23. The molecule has 1 aromatic rings. The van der Waals surface area contributed by atoms with Gasteiger partial charge in [0.1, 0.15) is 0 Å². The Bertz CT molecular complexity index is 377. The molecule has 100 valence electrons. The molecule has 0 bridgehead atoms. The van der Waals surface area contributed by atoms with Crippen molar-refractivity contribution in [3.05, 3.63) is 34.9 Å². The normalized spacial score (nSPS) is 28.3. The largest absolute Gasteiger partial charge is 0.327 e. The van der Waals surface area contributed by atoms with Gasteiger partial charge < -0.3 is 5.73 Å². The smallest absolute Gasteiger partial charge is 0.0408 e. The Balaban J connectivity index is 1.98. The lowest BCUT2D eigenvalue weighted by Crippen LogP contribution is -2.37. The lowest BCUT2D eigenvalue weighted by Gasteiger charge is -2.34. The molecule has 0 saturated heterocycles. The highest BCUT2D eigenvalue weighted by Gasteiger charge is 2.27. The van der Waals surface area contributed by atoms with E-state index in [1.807, 2.05) is 12.1 Å². The average Bonchev–Trinajstić information content (AvgIpc) is 2.34. The summed E-state index contributed by atoms with van der Waals surface area (Å²) in [5.41, 5.74) is 7.62. The molecular formula is C16H24ClN. The number of hydrogen-bond acceptors (Lipinski definition) is 1. The second kappa shape index (κ2) is 6.58. The van der Waals surface area contributed by atoms with Crippen molar-refractivity contribution >= 4 is 11.6 Å². The van der Waals surface area contributed by atoms with E-state index in [9.17, 15) is 0 Å². The maximum absolute atomic E-state index is 6.29. The van der Waals surface area contributed by atoms with Crippen molar-refractivity contribution in [1.82, 2.24) is 0 Å². The molecule has 0 spiro atoms. The number of rotatable bonds is 4. The van der Waals surface area contributed by atoms with E-state index in [0.717, 1.165) is 17.4 Å². The van der Waals surface area contributed by atoms with Crippen LogP contribution in [0.3, 0.4) is 0 Å². The number of nitrogens with two attached hydrogens (primary N) is 1. The quantitative estimate of drug-likeness (QED) is 0.857. The van der Waals surface area contributed by atoms with Gasteiger partial charge in [0.05, 0.1) is 0 Å². The third-order valence-corrected chi connectivity index (χ3v) is 4.47. The monoisotopic (exact) mass is 265 g/mol. The summed E-state index contributed by atoms with van der Waals surface area (Å²) in [6, 6.07) is 8.60. The molecule has 2 rings (SSSR count). The van der Waals surface area contributed by atoms with E-state index in [2.05, 4.69) is 19.1 Å². The Kier molecular flexibility index (Phi) is 5.08. The second-order valence-corrected chi connectivity index (χ2v) is 6.16. The average molecular weight is 266 g/mol. The Morgan fingerprint density at radius 1 is 1.33 bits per heavy atom. The summed E-state index contributed by atoms with van der Waals surface area (Å²) in [6.07, 6.45) is 7.54. The molecule has 0 aliphatic heterocycles. The highest BCUT2D eigenvalue weighted by atomic mass is 35.5. The first kappa shape index (κ1) is 13.9. The summed E-state index contributed by atoms with van der Waals surface area (Å²) in [6.45, 7) is 2.28. The van der Waals surface area contributed by atoms with Gasteiger partial charge in [-0.15, -0.1) is 0 Å². The van der Waals surface area contributed by atoms with Gasteiger partial charge in [-0.2, -0.15) is 0 Å². The molecule has 3 unspecified atom stereocenters. The van der Waals surface area contributed by atoms with Crippen LogP contribution in [-0.2, 0) is 6.42 Å². The fourth-order valence-corrected chi connectivity index (χ4v) is 3.47. The van der Waals surface area contributed by atoms with E-state index in [0.29, 0.717) is 12.0 Å². The lowest BCUT2D eigenvalue weighted by atomic mass is 9.74. The molecule has 0 aromatic heterocycles. The van der Waals surface area contributed by atoms with E-state index in [1.54, 1.807) is 0 Å². The minimum Gasteiger partial charge on any atom is -0.327 e. The van der Waals surface area contributed by atoms with Gasteiger partial charge in [0.15, 0.2) is 0 Å². The molecule has 1 aliphatic carbocycles. The summed E-state index contributed by atoms with van der Waals surface area (Å²) in [5, 5.41) is 0.835. The summed E-state index contributed by atoms with van der Waals surface area (Å²) in [4.78, 5) is 0. The van der Waals surface area contributed by atoms with Gasteiger partial charge >= 0.3 is 0 Å². The van der Waals surface area contributed by atoms with Crippen LogP contribution in [-0.4, -0.2) is 6.04 Å². The van der Waals surface area contributed by atoms with Crippen LogP contribution in [0.1, 0.15) is 44.6 Å². The molecule has 0 heterocycles. The molecule has 1 saturated carbocycles. The molecule has 2 heteroatoms. The molecule has 2 N–H and O–H groups in total. The molecule has 1 nitrogen and oxygen atoms in total. The summed E-state index contributed by atoms with van der Waals surface area (Å²) < 4.78 is 0. The Hall–Kier alpha value is -0.530. The van der Waals surface area contributed by atoms with E-state index in [4.69, 9.17) is 17.3 Å². The van der Waals surface area contributed by atoms with E-state index < -0.39 is 0 Å². The third kappa shape index (κ3) is 3.73. The zero-order chi connectivity index (χ0) is 13.0. The molecule has 18 heavy (non-hydrogen) atoms. The highest BCUT2D eigenvalue weighted by molar-refractivity contribution is 6.30. The Labute approximate surface area is 116 Å². The summed E-state index contributed by atoms with van der Waals surface area (Å²) in [7, 11) is 0. The van der Waals surface area contributed by atoms with Crippen molar-refractivity contribution in [1.29, 1.82) is 0 Å². The van der Waals surface area contributed by atoms with Crippen LogP contribution >= 0.6 is 11.6 Å². The predicted octanol–water partition coefficient (Wildman–Crippen LogP) is 4.43. The number of hydrogen-bond donors (Lipinski definition) is 1. The summed E-state index contributed by atoms with van der Waals surface area (Å²) in [5.74, 6) is 1.52. The molecule has 1 aliphatic rings. The van der Waals surface area contributed by atoms with Crippen LogP contribution in [0.2, 0.25) is 5.02 Å². The summed E-state index contributed by atoms with van der Waals surface area (Å²) >= 11 is 6.05. The van der Waals surface area contributed by atoms with Crippen molar-refractivity contribution in [2.75, 3.05) is 0 Å². The molecule has 1 aromatic carbocycles. The predicted molar refractivity (Wildman–Crippen MR) is 78.9 cm³/mol. The van der Waals surface area contributed by atoms with Crippen LogP contribution in [0, 0.1) is 11.8 Å². The van der Waals surface area contributed by atoms with Crippen LogP contribution in [0.15, 0.2) is 24.3 Å². The van der Waals surface area contributed by atoms with Gasteiger partial charge in [-0.05, 0) is 55.2 Å². The van der Waals surface area contributed by atoms with Gasteiger partial charge in [-0.3, -0.25) is 0 Å². The van der Waals surface area contributed by atoms with E-state index in [1.165, 1.54) is 37.7 Å². The van der Waals surface area contributed by atoms with Gasteiger partial charge in [0.2, 0.25) is 0 Å². The van der Waals surface area contributed by atoms with Gasteiger partial charge in [-0.25, -0.2) is 0 Å². The Morgan fingerprint density at radius 2 is 2.17 bits per heavy atom. The number of halogens is 1. The second-order valence-electron chi connectivity index (χ2n) is 5.73. The van der Waals surface area contributed by atoms with Crippen LogP contribution < -0.4 is 5.73 Å². The first-order valence-electron chi connectivity index (χ1n) is 7.19. The van der Waals surface area contributed by atoms with Gasteiger partial charge in [0.25, 0.3) is 0 Å². The Morgan fingerprint density at radius 3 is 2.89 bits per heavy atom.